The number of nitrogens with one attached hydrogen (secondary N) is 1. The number of benzene rings is 1. The summed E-state index contributed by atoms with van der Waals surface area (Å²) in [5, 5.41) is 3.03. The minimum absolute atomic E-state index is 0.257. The Bertz CT molecular complexity index is 566. The highest BCUT2D eigenvalue weighted by atomic mass is 19.1. The van der Waals surface area contributed by atoms with Gasteiger partial charge in [-0.1, -0.05) is 0 Å². The molecule has 0 unspecified atom stereocenters. The van der Waals surface area contributed by atoms with Crippen molar-refractivity contribution in [2.45, 2.75) is 13.8 Å². The molecule has 7 heteroatoms. The lowest BCUT2D eigenvalue weighted by molar-refractivity contribution is 0.312. The highest BCUT2D eigenvalue weighted by Gasteiger charge is 2.12. The van der Waals surface area contributed by atoms with Crippen LogP contribution in [0.1, 0.15) is 13.8 Å². The van der Waals surface area contributed by atoms with E-state index in [4.69, 9.17) is 4.74 Å². The molecule has 0 atom stereocenters. The van der Waals surface area contributed by atoms with Gasteiger partial charge in [0.1, 0.15) is 5.82 Å². The van der Waals surface area contributed by atoms with Crippen LogP contribution < -0.4 is 15.0 Å². The Morgan fingerprint density at radius 2 is 1.86 bits per heavy atom. The highest BCUT2D eigenvalue weighted by molar-refractivity contribution is 5.57. The molecule has 0 aliphatic carbocycles. The van der Waals surface area contributed by atoms with Crippen LogP contribution >= 0.6 is 0 Å². The van der Waals surface area contributed by atoms with Crippen molar-refractivity contribution in [2.24, 2.45) is 0 Å². The van der Waals surface area contributed by atoms with Crippen molar-refractivity contribution in [3.05, 3.63) is 30.1 Å². The van der Waals surface area contributed by atoms with Crippen molar-refractivity contribution >= 4 is 17.6 Å². The van der Waals surface area contributed by atoms with E-state index >= 15 is 0 Å². The van der Waals surface area contributed by atoms with Crippen LogP contribution in [0.2, 0.25) is 0 Å². The lowest BCUT2D eigenvalue weighted by Gasteiger charge is -2.18. The van der Waals surface area contributed by atoms with E-state index in [2.05, 4.69) is 20.3 Å². The topological polar surface area (TPSA) is 63.2 Å². The van der Waals surface area contributed by atoms with Gasteiger partial charge in [-0.3, -0.25) is 0 Å². The zero-order valence-electron chi connectivity index (χ0n) is 12.3. The van der Waals surface area contributed by atoms with E-state index in [0.29, 0.717) is 25.0 Å². The zero-order valence-corrected chi connectivity index (χ0v) is 12.3. The van der Waals surface area contributed by atoms with Gasteiger partial charge in [0, 0.05) is 19.3 Å². The summed E-state index contributed by atoms with van der Waals surface area (Å²) in [6.45, 7) is 4.97. The normalized spacial score (nSPS) is 10.3. The maximum absolute atomic E-state index is 13.0. The average Bonchev–Trinajstić information content (AvgIpc) is 2.48. The SMILES string of the molecule is CCNc1nc(OCC)nc(N(C)c2ccc(F)cc2)n1. The fourth-order valence-electron chi connectivity index (χ4n) is 1.71. The van der Waals surface area contributed by atoms with E-state index in [-0.39, 0.29) is 11.8 Å². The van der Waals surface area contributed by atoms with Crippen molar-refractivity contribution in [3.8, 4) is 6.01 Å². The van der Waals surface area contributed by atoms with Crippen molar-refractivity contribution in [2.75, 3.05) is 30.4 Å². The molecule has 0 saturated carbocycles. The molecule has 0 amide bonds. The average molecular weight is 291 g/mol. The molecule has 0 bridgehead atoms. The van der Waals surface area contributed by atoms with Gasteiger partial charge in [-0.05, 0) is 38.1 Å². The van der Waals surface area contributed by atoms with Crippen molar-refractivity contribution in [3.63, 3.8) is 0 Å². The number of aromatic nitrogens is 3. The van der Waals surface area contributed by atoms with Gasteiger partial charge >= 0.3 is 6.01 Å². The Morgan fingerprint density at radius 1 is 1.14 bits per heavy atom. The number of hydrogen-bond donors (Lipinski definition) is 1. The maximum atomic E-state index is 13.0. The van der Waals surface area contributed by atoms with E-state index in [1.54, 1.807) is 24.1 Å². The number of ether oxygens (including phenoxy) is 1. The molecule has 1 aromatic carbocycles. The van der Waals surface area contributed by atoms with E-state index in [9.17, 15) is 4.39 Å². The Morgan fingerprint density at radius 3 is 2.48 bits per heavy atom. The summed E-state index contributed by atoms with van der Waals surface area (Å²) in [5.74, 6) is 0.585. The molecule has 1 heterocycles. The minimum Gasteiger partial charge on any atom is -0.464 e. The van der Waals surface area contributed by atoms with Crippen molar-refractivity contribution < 1.29 is 9.13 Å². The molecule has 2 aromatic rings. The van der Waals surface area contributed by atoms with Gasteiger partial charge in [0.25, 0.3) is 0 Å². The summed E-state index contributed by atoms with van der Waals surface area (Å²) in [6.07, 6.45) is 0. The van der Waals surface area contributed by atoms with E-state index in [1.807, 2.05) is 13.8 Å². The molecule has 0 aliphatic rings. The molecule has 0 fully saturated rings. The predicted molar refractivity (Wildman–Crippen MR) is 79.6 cm³/mol. The van der Waals surface area contributed by atoms with Crippen LogP contribution in [0.4, 0.5) is 22.0 Å². The van der Waals surface area contributed by atoms with Crippen LogP contribution in [0, 0.1) is 5.82 Å². The summed E-state index contributed by atoms with van der Waals surface area (Å²) in [4.78, 5) is 14.5. The van der Waals surface area contributed by atoms with Gasteiger partial charge in [0.05, 0.1) is 6.61 Å². The van der Waals surface area contributed by atoms with Gasteiger partial charge in [-0.2, -0.15) is 15.0 Å². The first-order valence-corrected chi connectivity index (χ1v) is 6.76. The first kappa shape index (κ1) is 15.0. The molecule has 0 aliphatic heterocycles. The van der Waals surface area contributed by atoms with Crippen LogP contribution in [-0.2, 0) is 0 Å². The molecule has 0 radical (unpaired) electrons. The smallest absolute Gasteiger partial charge is 0.323 e. The second-order valence-electron chi connectivity index (χ2n) is 4.24. The van der Waals surface area contributed by atoms with E-state index < -0.39 is 0 Å². The Kier molecular flexibility index (Phi) is 4.86. The third kappa shape index (κ3) is 3.77. The molecule has 112 valence electrons. The third-order valence-electron chi connectivity index (χ3n) is 2.73. The van der Waals surface area contributed by atoms with Gasteiger partial charge in [-0.25, -0.2) is 4.39 Å². The number of nitrogens with zero attached hydrogens (tertiary/aromatic N) is 4. The molecule has 0 spiro atoms. The fraction of sp³-hybridized carbons (Fsp3) is 0.357. The first-order valence-electron chi connectivity index (χ1n) is 6.76. The molecular formula is C14H18FN5O. The first-order chi connectivity index (χ1) is 10.1. The van der Waals surface area contributed by atoms with Crippen LogP contribution in [0.25, 0.3) is 0 Å². The molecule has 1 aromatic heterocycles. The molecule has 1 N–H and O–H groups in total. The van der Waals surface area contributed by atoms with Gasteiger partial charge < -0.3 is 15.0 Å². The number of halogens is 1. The molecular weight excluding hydrogens is 273 g/mol. The quantitative estimate of drug-likeness (QED) is 0.882. The number of hydrogen-bond acceptors (Lipinski definition) is 6. The summed E-state index contributed by atoms with van der Waals surface area (Å²) in [6, 6.07) is 6.36. The summed E-state index contributed by atoms with van der Waals surface area (Å²) < 4.78 is 18.3. The maximum Gasteiger partial charge on any atom is 0.323 e. The lowest BCUT2D eigenvalue weighted by atomic mass is 10.3. The van der Waals surface area contributed by atoms with Crippen LogP contribution in [0.5, 0.6) is 6.01 Å². The summed E-state index contributed by atoms with van der Waals surface area (Å²) >= 11 is 0. The third-order valence-corrected chi connectivity index (χ3v) is 2.73. The predicted octanol–water partition coefficient (Wildman–Crippen LogP) is 2.61. The molecule has 0 saturated heterocycles. The second-order valence-corrected chi connectivity index (χ2v) is 4.24. The van der Waals surface area contributed by atoms with E-state index in [1.165, 1.54) is 12.1 Å². The molecule has 21 heavy (non-hydrogen) atoms. The molecule has 6 nitrogen and oxygen atoms in total. The Labute approximate surface area is 123 Å². The monoisotopic (exact) mass is 291 g/mol. The zero-order chi connectivity index (χ0) is 15.2. The Hall–Kier alpha value is -2.44. The minimum atomic E-state index is -0.286. The van der Waals surface area contributed by atoms with Gasteiger partial charge in [-0.15, -0.1) is 0 Å². The van der Waals surface area contributed by atoms with Gasteiger partial charge in [0.2, 0.25) is 11.9 Å². The number of rotatable bonds is 6. The van der Waals surface area contributed by atoms with Crippen molar-refractivity contribution in [1.82, 2.24) is 15.0 Å². The fourth-order valence-corrected chi connectivity index (χ4v) is 1.71. The van der Waals surface area contributed by atoms with E-state index in [0.717, 1.165) is 5.69 Å². The number of anilines is 3. The second kappa shape index (κ2) is 6.83. The van der Waals surface area contributed by atoms with Crippen LogP contribution in [-0.4, -0.2) is 35.2 Å². The lowest BCUT2D eigenvalue weighted by Crippen LogP contribution is -2.16. The van der Waals surface area contributed by atoms with Crippen LogP contribution in [0.3, 0.4) is 0 Å². The molecule has 2 rings (SSSR count). The van der Waals surface area contributed by atoms with Gasteiger partial charge in [0.15, 0.2) is 0 Å². The Balaban J connectivity index is 2.34. The summed E-state index contributed by atoms with van der Waals surface area (Å²) in [7, 11) is 1.80. The highest BCUT2D eigenvalue weighted by Crippen LogP contribution is 2.22. The van der Waals surface area contributed by atoms with Crippen LogP contribution in [0.15, 0.2) is 24.3 Å². The standard InChI is InChI=1S/C14H18FN5O/c1-4-16-12-17-13(19-14(18-12)21-5-2)20(3)11-8-6-10(15)7-9-11/h6-9H,4-5H2,1-3H3,(H,16,17,18,19). The largest absolute Gasteiger partial charge is 0.464 e. The summed E-state index contributed by atoms with van der Waals surface area (Å²) in [5.41, 5.74) is 0.771. The van der Waals surface area contributed by atoms with Crippen molar-refractivity contribution in [1.29, 1.82) is 0 Å².